The van der Waals surface area contributed by atoms with Gasteiger partial charge >= 0.3 is 0 Å². The number of ether oxygens (including phenoxy) is 1. The molecule has 102 valence electrons. The van der Waals surface area contributed by atoms with Crippen LogP contribution in [0.25, 0.3) is 0 Å². The molecule has 1 amide bonds. The number of nitrogens with zero attached hydrogens (tertiary/aromatic N) is 1. The highest BCUT2D eigenvalue weighted by Gasteiger charge is 2.06. The molecule has 1 heterocycles. The number of methoxy groups -OCH3 is 1. The second kappa shape index (κ2) is 7.18. The number of amides is 1. The first-order chi connectivity index (χ1) is 8.56. The van der Waals surface area contributed by atoms with Crippen molar-refractivity contribution in [2.75, 3.05) is 26.8 Å². The zero-order valence-corrected chi connectivity index (χ0v) is 11.7. The molecule has 5 nitrogen and oxygen atoms in total. The first-order valence-electron chi connectivity index (χ1n) is 6.14. The van der Waals surface area contributed by atoms with Gasteiger partial charge in [0.25, 0.3) is 0 Å². The molecule has 0 saturated carbocycles. The predicted octanol–water partition coefficient (Wildman–Crippen LogP) is 0.494. The van der Waals surface area contributed by atoms with Crippen LogP contribution >= 0.6 is 0 Å². The first-order valence-corrected chi connectivity index (χ1v) is 6.14. The van der Waals surface area contributed by atoms with Crippen LogP contribution in [0, 0.1) is 13.8 Å². The van der Waals surface area contributed by atoms with Crippen LogP contribution in [0.2, 0.25) is 0 Å². The zero-order chi connectivity index (χ0) is 13.5. The summed E-state index contributed by atoms with van der Waals surface area (Å²) in [6, 6.07) is 2.14. The van der Waals surface area contributed by atoms with Crippen molar-refractivity contribution in [1.29, 1.82) is 0 Å². The molecule has 0 aromatic carbocycles. The van der Waals surface area contributed by atoms with Gasteiger partial charge in [-0.2, -0.15) is 0 Å². The van der Waals surface area contributed by atoms with E-state index in [1.54, 1.807) is 7.11 Å². The van der Waals surface area contributed by atoms with Crippen LogP contribution in [0.4, 0.5) is 0 Å². The molecule has 0 aliphatic rings. The summed E-state index contributed by atoms with van der Waals surface area (Å²) in [5, 5.41) is 5.91. The Kier molecular flexibility index (Phi) is 5.88. The Bertz CT molecular complexity index is 399. The Labute approximate surface area is 109 Å². The summed E-state index contributed by atoms with van der Waals surface area (Å²) in [5.41, 5.74) is 3.70. The van der Waals surface area contributed by atoms with E-state index in [2.05, 4.69) is 35.1 Å². The van der Waals surface area contributed by atoms with Crippen LogP contribution in [0.3, 0.4) is 0 Å². The number of aryl methyl sites for hydroxylation is 1. The number of rotatable bonds is 7. The minimum Gasteiger partial charge on any atom is -0.383 e. The maximum Gasteiger partial charge on any atom is 0.234 e. The lowest BCUT2D eigenvalue weighted by atomic mass is 10.2. The summed E-state index contributed by atoms with van der Waals surface area (Å²) in [6.45, 7) is 6.31. The average molecular weight is 253 g/mol. The van der Waals surface area contributed by atoms with Gasteiger partial charge in [-0.25, -0.2) is 0 Å². The molecule has 0 bridgehead atoms. The summed E-state index contributed by atoms with van der Waals surface area (Å²) >= 11 is 0. The predicted molar refractivity (Wildman–Crippen MR) is 71.5 cm³/mol. The van der Waals surface area contributed by atoms with Crippen molar-refractivity contribution in [3.8, 4) is 0 Å². The number of nitrogens with one attached hydrogen (secondary N) is 2. The van der Waals surface area contributed by atoms with Crippen molar-refractivity contribution in [1.82, 2.24) is 15.2 Å². The van der Waals surface area contributed by atoms with E-state index in [1.165, 1.54) is 17.0 Å². The molecule has 1 aromatic rings. The van der Waals surface area contributed by atoms with Crippen LogP contribution in [-0.2, 0) is 23.1 Å². The fourth-order valence-electron chi connectivity index (χ4n) is 1.78. The van der Waals surface area contributed by atoms with E-state index in [4.69, 9.17) is 4.74 Å². The Hall–Kier alpha value is -1.33. The molecule has 0 fully saturated rings. The molecular weight excluding hydrogens is 230 g/mol. The number of aromatic nitrogens is 1. The Morgan fingerprint density at radius 2 is 2.17 bits per heavy atom. The Balaban J connectivity index is 2.29. The van der Waals surface area contributed by atoms with Crippen molar-refractivity contribution in [3.05, 3.63) is 23.0 Å². The van der Waals surface area contributed by atoms with Crippen molar-refractivity contribution in [2.45, 2.75) is 20.4 Å². The summed E-state index contributed by atoms with van der Waals surface area (Å²) in [5.74, 6) is -0.00245. The molecule has 18 heavy (non-hydrogen) atoms. The molecule has 5 heteroatoms. The van der Waals surface area contributed by atoms with Gasteiger partial charge in [-0.3, -0.25) is 4.79 Å². The van der Waals surface area contributed by atoms with Gasteiger partial charge in [-0.15, -0.1) is 0 Å². The standard InChI is InChI=1S/C13H23N3O2/c1-10-7-12(11(2)16(10)3)8-14-9-13(17)15-5-6-18-4/h7,14H,5-6,8-9H2,1-4H3,(H,15,17). The van der Waals surface area contributed by atoms with E-state index < -0.39 is 0 Å². The summed E-state index contributed by atoms with van der Waals surface area (Å²) in [6.07, 6.45) is 0. The lowest BCUT2D eigenvalue weighted by molar-refractivity contribution is -0.120. The number of carbonyl (C=O) groups is 1. The van der Waals surface area contributed by atoms with Gasteiger partial charge in [0.15, 0.2) is 0 Å². The largest absolute Gasteiger partial charge is 0.383 e. The molecule has 0 atom stereocenters. The van der Waals surface area contributed by atoms with E-state index in [-0.39, 0.29) is 5.91 Å². The third-order valence-corrected chi connectivity index (χ3v) is 3.11. The highest BCUT2D eigenvalue weighted by Crippen LogP contribution is 2.12. The van der Waals surface area contributed by atoms with Crippen LogP contribution < -0.4 is 10.6 Å². The van der Waals surface area contributed by atoms with Gasteiger partial charge in [0.05, 0.1) is 13.2 Å². The summed E-state index contributed by atoms with van der Waals surface area (Å²) in [7, 11) is 3.66. The molecule has 1 rings (SSSR count). The van der Waals surface area contributed by atoms with Gasteiger partial charge < -0.3 is 19.9 Å². The molecule has 0 aliphatic heterocycles. The van der Waals surface area contributed by atoms with E-state index in [0.29, 0.717) is 26.2 Å². The van der Waals surface area contributed by atoms with Gasteiger partial charge in [0.2, 0.25) is 5.91 Å². The van der Waals surface area contributed by atoms with Crippen LogP contribution in [-0.4, -0.2) is 37.3 Å². The van der Waals surface area contributed by atoms with Gasteiger partial charge in [0.1, 0.15) is 0 Å². The Morgan fingerprint density at radius 3 is 2.72 bits per heavy atom. The van der Waals surface area contributed by atoms with E-state index in [1.807, 2.05) is 7.05 Å². The van der Waals surface area contributed by atoms with Crippen LogP contribution in [0.15, 0.2) is 6.07 Å². The third-order valence-electron chi connectivity index (χ3n) is 3.11. The highest BCUT2D eigenvalue weighted by atomic mass is 16.5. The monoisotopic (exact) mass is 253 g/mol. The molecule has 0 aliphatic carbocycles. The van der Waals surface area contributed by atoms with E-state index in [9.17, 15) is 4.79 Å². The average Bonchev–Trinajstić information content (AvgIpc) is 2.57. The fraction of sp³-hybridized carbons (Fsp3) is 0.615. The van der Waals surface area contributed by atoms with Crippen LogP contribution in [0.1, 0.15) is 17.0 Å². The maximum atomic E-state index is 11.4. The molecule has 0 saturated heterocycles. The maximum absolute atomic E-state index is 11.4. The molecule has 0 spiro atoms. The van der Waals surface area contributed by atoms with Crippen molar-refractivity contribution < 1.29 is 9.53 Å². The highest BCUT2D eigenvalue weighted by molar-refractivity contribution is 5.77. The summed E-state index contributed by atoms with van der Waals surface area (Å²) in [4.78, 5) is 11.4. The SMILES string of the molecule is COCCNC(=O)CNCc1cc(C)n(C)c1C. The van der Waals surface area contributed by atoms with Crippen LogP contribution in [0.5, 0.6) is 0 Å². The molecule has 1 aromatic heterocycles. The van der Waals surface area contributed by atoms with Crippen molar-refractivity contribution in [2.24, 2.45) is 7.05 Å². The van der Waals surface area contributed by atoms with Crippen molar-refractivity contribution in [3.63, 3.8) is 0 Å². The lowest BCUT2D eigenvalue weighted by Gasteiger charge is -2.06. The second-order valence-electron chi connectivity index (χ2n) is 4.40. The van der Waals surface area contributed by atoms with E-state index >= 15 is 0 Å². The quantitative estimate of drug-likeness (QED) is 0.696. The molecule has 0 radical (unpaired) electrons. The zero-order valence-electron chi connectivity index (χ0n) is 11.7. The van der Waals surface area contributed by atoms with Gasteiger partial charge in [-0.1, -0.05) is 0 Å². The molecule has 0 unspecified atom stereocenters. The van der Waals surface area contributed by atoms with Gasteiger partial charge in [0, 0.05) is 38.6 Å². The number of hydrogen-bond donors (Lipinski definition) is 2. The molecular formula is C13H23N3O2. The first kappa shape index (κ1) is 14.7. The minimum absolute atomic E-state index is 0.00245. The van der Waals surface area contributed by atoms with Gasteiger partial charge in [-0.05, 0) is 25.5 Å². The normalized spacial score (nSPS) is 10.7. The van der Waals surface area contributed by atoms with E-state index in [0.717, 1.165) is 0 Å². The topological polar surface area (TPSA) is 55.3 Å². The summed E-state index contributed by atoms with van der Waals surface area (Å²) < 4.78 is 7.01. The van der Waals surface area contributed by atoms with Crippen molar-refractivity contribution >= 4 is 5.91 Å². The minimum atomic E-state index is -0.00245. The smallest absolute Gasteiger partial charge is 0.234 e. The number of carbonyl (C=O) groups excluding carboxylic acids is 1. The second-order valence-corrected chi connectivity index (χ2v) is 4.40. The Morgan fingerprint density at radius 1 is 1.44 bits per heavy atom. The third kappa shape index (κ3) is 4.16. The fourth-order valence-corrected chi connectivity index (χ4v) is 1.78. The lowest BCUT2D eigenvalue weighted by Crippen LogP contribution is -2.35. The number of hydrogen-bond acceptors (Lipinski definition) is 3. The molecule has 2 N–H and O–H groups in total.